The highest BCUT2D eigenvalue weighted by Gasteiger charge is 2.05. The Balaban J connectivity index is 2.37. The van der Waals surface area contributed by atoms with Crippen molar-refractivity contribution in [3.05, 3.63) is 10.7 Å². The number of aromatic nitrogens is 2. The van der Waals surface area contributed by atoms with Gasteiger partial charge in [-0.25, -0.2) is 4.98 Å². The minimum Gasteiger partial charge on any atom is -0.466 e. The predicted molar refractivity (Wildman–Crippen MR) is 73.6 cm³/mol. The molecule has 0 spiro atoms. The standard InChI is InChI=1S/C11H17BrN4O2/c1-3-18-9(17)5-4-6-14-10-8(12)7-15-11(13-2)16-10/h7H,3-6H2,1-2H3,(H2,13,14,15,16). The molecule has 0 aliphatic rings. The summed E-state index contributed by atoms with van der Waals surface area (Å²) in [7, 11) is 1.76. The molecule has 0 radical (unpaired) electrons. The molecule has 0 saturated heterocycles. The van der Waals surface area contributed by atoms with Crippen LogP contribution in [-0.2, 0) is 9.53 Å². The van der Waals surface area contributed by atoms with Crippen molar-refractivity contribution >= 4 is 33.7 Å². The first-order chi connectivity index (χ1) is 8.67. The van der Waals surface area contributed by atoms with Crippen LogP contribution in [0.5, 0.6) is 0 Å². The number of halogens is 1. The maximum atomic E-state index is 11.1. The molecule has 0 aliphatic heterocycles. The molecule has 1 heterocycles. The van der Waals surface area contributed by atoms with Gasteiger partial charge in [-0.1, -0.05) is 0 Å². The van der Waals surface area contributed by atoms with E-state index in [1.807, 2.05) is 0 Å². The van der Waals surface area contributed by atoms with Crippen molar-refractivity contribution in [2.24, 2.45) is 0 Å². The van der Waals surface area contributed by atoms with E-state index in [9.17, 15) is 4.79 Å². The summed E-state index contributed by atoms with van der Waals surface area (Å²) in [4.78, 5) is 19.4. The quantitative estimate of drug-likeness (QED) is 0.592. The Hall–Kier alpha value is -1.37. The van der Waals surface area contributed by atoms with Crippen LogP contribution < -0.4 is 10.6 Å². The predicted octanol–water partition coefficient (Wildman–Crippen LogP) is 2.04. The molecule has 0 bridgehead atoms. The number of rotatable bonds is 7. The zero-order chi connectivity index (χ0) is 13.4. The van der Waals surface area contributed by atoms with Gasteiger partial charge in [0.2, 0.25) is 5.95 Å². The summed E-state index contributed by atoms with van der Waals surface area (Å²) >= 11 is 3.36. The highest BCUT2D eigenvalue weighted by Crippen LogP contribution is 2.19. The van der Waals surface area contributed by atoms with Crippen LogP contribution in [-0.4, -0.2) is 36.1 Å². The third-order valence-corrected chi connectivity index (χ3v) is 2.70. The summed E-state index contributed by atoms with van der Waals surface area (Å²) in [6.07, 6.45) is 2.78. The summed E-state index contributed by atoms with van der Waals surface area (Å²) in [5.74, 6) is 1.08. The van der Waals surface area contributed by atoms with Crippen LogP contribution in [0.3, 0.4) is 0 Å². The highest BCUT2D eigenvalue weighted by molar-refractivity contribution is 9.10. The number of nitrogens with one attached hydrogen (secondary N) is 2. The monoisotopic (exact) mass is 316 g/mol. The summed E-state index contributed by atoms with van der Waals surface area (Å²) < 4.78 is 5.63. The lowest BCUT2D eigenvalue weighted by Crippen LogP contribution is -2.10. The second-order valence-corrected chi connectivity index (χ2v) is 4.33. The van der Waals surface area contributed by atoms with Crippen molar-refractivity contribution in [1.82, 2.24) is 9.97 Å². The smallest absolute Gasteiger partial charge is 0.305 e. The van der Waals surface area contributed by atoms with Crippen LogP contribution in [0.1, 0.15) is 19.8 Å². The van der Waals surface area contributed by atoms with Crippen LogP contribution >= 0.6 is 15.9 Å². The molecular weight excluding hydrogens is 300 g/mol. The van der Waals surface area contributed by atoms with Gasteiger partial charge in [0, 0.05) is 26.2 Å². The van der Waals surface area contributed by atoms with Gasteiger partial charge < -0.3 is 15.4 Å². The van der Waals surface area contributed by atoms with Gasteiger partial charge in [-0.15, -0.1) is 0 Å². The molecule has 1 aromatic rings. The minimum atomic E-state index is -0.169. The molecular formula is C11H17BrN4O2. The maximum absolute atomic E-state index is 11.1. The van der Waals surface area contributed by atoms with Crippen LogP contribution in [0.2, 0.25) is 0 Å². The first kappa shape index (κ1) is 14.7. The average molecular weight is 317 g/mol. The van der Waals surface area contributed by atoms with E-state index >= 15 is 0 Å². The summed E-state index contributed by atoms with van der Waals surface area (Å²) in [6, 6.07) is 0. The first-order valence-corrected chi connectivity index (χ1v) is 6.56. The molecule has 0 aliphatic carbocycles. The molecule has 0 fully saturated rings. The van der Waals surface area contributed by atoms with Gasteiger partial charge in [-0.3, -0.25) is 4.79 Å². The number of ether oxygens (including phenoxy) is 1. The van der Waals surface area contributed by atoms with E-state index < -0.39 is 0 Å². The Morgan fingerprint density at radius 3 is 3.00 bits per heavy atom. The van der Waals surface area contributed by atoms with Crippen LogP contribution in [0.15, 0.2) is 10.7 Å². The van der Waals surface area contributed by atoms with Gasteiger partial charge in [0.1, 0.15) is 5.82 Å². The lowest BCUT2D eigenvalue weighted by Gasteiger charge is -2.08. The second-order valence-electron chi connectivity index (χ2n) is 3.48. The van der Waals surface area contributed by atoms with Gasteiger partial charge in [-0.05, 0) is 29.3 Å². The van der Waals surface area contributed by atoms with E-state index in [1.165, 1.54) is 0 Å². The zero-order valence-corrected chi connectivity index (χ0v) is 12.1. The fourth-order valence-corrected chi connectivity index (χ4v) is 1.62. The molecule has 0 aromatic carbocycles. The Bertz CT molecular complexity index is 401. The van der Waals surface area contributed by atoms with E-state index in [4.69, 9.17) is 4.74 Å². The normalized spacial score (nSPS) is 9.94. The summed E-state index contributed by atoms with van der Waals surface area (Å²) in [5, 5.41) is 6.00. The van der Waals surface area contributed by atoms with Crippen LogP contribution in [0.4, 0.5) is 11.8 Å². The number of esters is 1. The second kappa shape index (κ2) is 7.86. The molecule has 0 atom stereocenters. The first-order valence-electron chi connectivity index (χ1n) is 5.77. The van der Waals surface area contributed by atoms with E-state index in [0.29, 0.717) is 37.8 Å². The third-order valence-electron chi connectivity index (χ3n) is 2.12. The van der Waals surface area contributed by atoms with Crippen molar-refractivity contribution < 1.29 is 9.53 Å². The molecule has 6 nitrogen and oxygen atoms in total. The molecule has 1 aromatic heterocycles. The molecule has 0 saturated carbocycles. The molecule has 100 valence electrons. The molecule has 2 N–H and O–H groups in total. The summed E-state index contributed by atoms with van der Waals surface area (Å²) in [6.45, 7) is 2.88. The van der Waals surface area contributed by atoms with Crippen molar-refractivity contribution in [1.29, 1.82) is 0 Å². The van der Waals surface area contributed by atoms with Gasteiger partial charge in [0.15, 0.2) is 0 Å². The third kappa shape index (κ3) is 4.87. The van der Waals surface area contributed by atoms with Gasteiger partial charge in [-0.2, -0.15) is 4.98 Å². The molecule has 7 heteroatoms. The Morgan fingerprint density at radius 2 is 2.33 bits per heavy atom. The Labute approximate surface area is 115 Å². The Kier molecular flexibility index (Phi) is 6.42. The maximum Gasteiger partial charge on any atom is 0.305 e. The number of nitrogens with zero attached hydrogens (tertiary/aromatic N) is 2. The topological polar surface area (TPSA) is 76.1 Å². The number of hydrogen-bond acceptors (Lipinski definition) is 6. The molecule has 18 heavy (non-hydrogen) atoms. The molecule has 0 unspecified atom stereocenters. The largest absolute Gasteiger partial charge is 0.466 e. The van der Waals surface area contributed by atoms with Crippen molar-refractivity contribution in [2.45, 2.75) is 19.8 Å². The van der Waals surface area contributed by atoms with E-state index in [-0.39, 0.29) is 5.97 Å². The number of carbonyl (C=O) groups excluding carboxylic acids is 1. The lowest BCUT2D eigenvalue weighted by molar-refractivity contribution is -0.143. The van der Waals surface area contributed by atoms with E-state index in [1.54, 1.807) is 20.2 Å². The number of hydrogen-bond donors (Lipinski definition) is 2. The van der Waals surface area contributed by atoms with Gasteiger partial charge in [0.05, 0.1) is 11.1 Å². The minimum absolute atomic E-state index is 0.169. The van der Waals surface area contributed by atoms with Crippen molar-refractivity contribution in [2.75, 3.05) is 30.8 Å². The molecule has 0 amide bonds. The highest BCUT2D eigenvalue weighted by atomic mass is 79.9. The fourth-order valence-electron chi connectivity index (χ4n) is 1.28. The van der Waals surface area contributed by atoms with Crippen LogP contribution in [0.25, 0.3) is 0 Å². The van der Waals surface area contributed by atoms with E-state index in [2.05, 4.69) is 36.5 Å². The lowest BCUT2D eigenvalue weighted by atomic mass is 10.3. The fraction of sp³-hybridized carbons (Fsp3) is 0.545. The Morgan fingerprint density at radius 1 is 1.56 bits per heavy atom. The van der Waals surface area contributed by atoms with E-state index in [0.717, 1.165) is 4.47 Å². The van der Waals surface area contributed by atoms with Crippen LogP contribution in [0, 0.1) is 0 Å². The zero-order valence-electron chi connectivity index (χ0n) is 10.5. The summed E-state index contributed by atoms with van der Waals surface area (Å²) in [5.41, 5.74) is 0. The van der Waals surface area contributed by atoms with Crippen molar-refractivity contribution in [3.8, 4) is 0 Å². The van der Waals surface area contributed by atoms with Gasteiger partial charge >= 0.3 is 5.97 Å². The number of carbonyl (C=O) groups is 1. The number of anilines is 2. The SMILES string of the molecule is CCOC(=O)CCCNc1nc(NC)ncc1Br. The van der Waals surface area contributed by atoms with Crippen molar-refractivity contribution in [3.63, 3.8) is 0 Å². The molecule has 1 rings (SSSR count). The average Bonchev–Trinajstić information content (AvgIpc) is 2.37. The van der Waals surface area contributed by atoms with Gasteiger partial charge in [0.25, 0.3) is 0 Å².